The van der Waals surface area contributed by atoms with Gasteiger partial charge >= 0.3 is 5.97 Å². The van der Waals surface area contributed by atoms with Gasteiger partial charge in [0.05, 0.1) is 23.6 Å². The highest BCUT2D eigenvalue weighted by Crippen LogP contribution is 2.41. The molecule has 0 aliphatic heterocycles. The lowest BCUT2D eigenvalue weighted by Crippen LogP contribution is -2.09. The van der Waals surface area contributed by atoms with Crippen molar-refractivity contribution in [3.05, 3.63) is 118 Å². The van der Waals surface area contributed by atoms with Crippen molar-refractivity contribution in [1.29, 1.82) is 0 Å². The Labute approximate surface area is 243 Å². The van der Waals surface area contributed by atoms with Crippen molar-refractivity contribution < 1.29 is 9.53 Å². The number of fused-ring (bicyclic) bond motifs is 1. The molecule has 3 aromatic carbocycles. The first-order valence-electron chi connectivity index (χ1n) is 13.6. The molecule has 1 aliphatic rings. The molecule has 1 aliphatic carbocycles. The third-order valence-electron chi connectivity index (χ3n) is 7.18. The Morgan fingerprint density at radius 3 is 2.33 bits per heavy atom. The van der Waals surface area contributed by atoms with E-state index in [4.69, 9.17) is 21.3 Å². The number of rotatable bonds is 7. The van der Waals surface area contributed by atoms with Gasteiger partial charge in [0.25, 0.3) is 0 Å². The number of aliphatic imine (C=N–C) groups is 1. The maximum absolute atomic E-state index is 13.0. The number of thiophene rings is 1. The van der Waals surface area contributed by atoms with Gasteiger partial charge in [-0.2, -0.15) is 0 Å². The average Bonchev–Trinajstić information content (AvgIpc) is 3.56. The van der Waals surface area contributed by atoms with Crippen LogP contribution in [0, 0.1) is 0 Å². The number of carbonyl (C=O) groups excluding carboxylic acids is 1. The lowest BCUT2D eigenvalue weighted by Gasteiger charge is -2.15. The Morgan fingerprint density at radius 2 is 1.62 bits per heavy atom. The molecule has 0 radical (unpaired) electrons. The van der Waals surface area contributed by atoms with Gasteiger partial charge in [-0.05, 0) is 79.6 Å². The fourth-order valence-electron chi connectivity index (χ4n) is 5.38. The number of aromatic nitrogens is 1. The van der Waals surface area contributed by atoms with Crippen LogP contribution in [0.25, 0.3) is 28.2 Å². The second-order valence-electron chi connectivity index (χ2n) is 9.75. The standard InChI is InChI=1S/C34H29ClN2O2S/c1-2-39-34(38)31-28-15-9-10-16-30(28)40-33(31)36-22-25-21-29(23-11-5-3-6-12-23)37(27-19-17-26(35)18-20-27)32(25)24-13-7-4-8-14-24/h3-8,11-14,17-22H,2,9-10,15-16H2,1H3. The first-order chi connectivity index (χ1) is 19.6. The van der Waals surface area contributed by atoms with Crippen LogP contribution in [0.4, 0.5) is 5.00 Å². The van der Waals surface area contributed by atoms with Gasteiger partial charge in [-0.15, -0.1) is 11.3 Å². The van der Waals surface area contributed by atoms with E-state index < -0.39 is 0 Å². The second kappa shape index (κ2) is 11.7. The summed E-state index contributed by atoms with van der Waals surface area (Å²) in [5, 5.41) is 1.42. The maximum atomic E-state index is 13.0. The molecule has 6 rings (SSSR count). The Balaban J connectivity index is 1.56. The number of hydrogen-bond acceptors (Lipinski definition) is 4. The van der Waals surface area contributed by atoms with Crippen molar-refractivity contribution in [2.45, 2.75) is 32.6 Å². The van der Waals surface area contributed by atoms with Crippen molar-refractivity contribution in [3.8, 4) is 28.2 Å². The van der Waals surface area contributed by atoms with Gasteiger partial charge in [0.2, 0.25) is 0 Å². The molecule has 0 saturated heterocycles. The topological polar surface area (TPSA) is 43.6 Å². The van der Waals surface area contributed by atoms with Gasteiger partial charge in [-0.25, -0.2) is 9.79 Å². The van der Waals surface area contributed by atoms with Gasteiger partial charge in [-0.1, -0.05) is 72.3 Å². The Hall–Kier alpha value is -3.93. The summed E-state index contributed by atoms with van der Waals surface area (Å²) in [5.74, 6) is -0.277. The summed E-state index contributed by atoms with van der Waals surface area (Å²) in [5.41, 5.74) is 7.93. The Bertz CT molecular complexity index is 1670. The molecule has 0 atom stereocenters. The lowest BCUT2D eigenvalue weighted by molar-refractivity contribution is 0.0526. The first-order valence-corrected chi connectivity index (χ1v) is 14.8. The molecule has 0 N–H and O–H groups in total. The molecular formula is C34H29ClN2O2S. The molecule has 0 bridgehead atoms. The fraction of sp³-hybridized carbons (Fsp3) is 0.176. The van der Waals surface area contributed by atoms with Crippen molar-refractivity contribution >= 4 is 40.1 Å². The highest BCUT2D eigenvalue weighted by atomic mass is 35.5. The van der Waals surface area contributed by atoms with E-state index in [0.717, 1.165) is 70.0 Å². The minimum absolute atomic E-state index is 0.277. The van der Waals surface area contributed by atoms with Gasteiger partial charge in [0, 0.05) is 27.4 Å². The number of ether oxygens (including phenoxy) is 1. The Morgan fingerprint density at radius 1 is 0.950 bits per heavy atom. The van der Waals surface area contributed by atoms with Gasteiger partial charge < -0.3 is 9.30 Å². The van der Waals surface area contributed by atoms with Crippen molar-refractivity contribution in [2.75, 3.05) is 6.61 Å². The highest BCUT2D eigenvalue weighted by Gasteiger charge is 2.26. The van der Waals surface area contributed by atoms with Crippen LogP contribution in [0.5, 0.6) is 0 Å². The smallest absolute Gasteiger partial charge is 0.341 e. The molecule has 5 aromatic rings. The fourth-order valence-corrected chi connectivity index (χ4v) is 6.73. The molecule has 0 spiro atoms. The highest BCUT2D eigenvalue weighted by molar-refractivity contribution is 7.16. The number of halogens is 1. The molecule has 0 saturated carbocycles. The summed E-state index contributed by atoms with van der Waals surface area (Å²) in [6.45, 7) is 2.19. The molecule has 2 aromatic heterocycles. The summed E-state index contributed by atoms with van der Waals surface area (Å²) < 4.78 is 7.72. The van der Waals surface area contributed by atoms with E-state index in [2.05, 4.69) is 34.9 Å². The third kappa shape index (κ3) is 5.15. The van der Waals surface area contributed by atoms with Crippen LogP contribution in [0.3, 0.4) is 0 Å². The van der Waals surface area contributed by atoms with E-state index in [0.29, 0.717) is 17.2 Å². The zero-order chi connectivity index (χ0) is 27.5. The van der Waals surface area contributed by atoms with Crippen molar-refractivity contribution in [1.82, 2.24) is 4.57 Å². The predicted octanol–water partition coefficient (Wildman–Crippen LogP) is 9.33. The van der Waals surface area contributed by atoms with Crippen LogP contribution in [0.1, 0.15) is 46.1 Å². The van der Waals surface area contributed by atoms with Crippen LogP contribution >= 0.6 is 22.9 Å². The molecule has 6 heteroatoms. The van der Waals surface area contributed by atoms with Crippen molar-refractivity contribution in [2.24, 2.45) is 4.99 Å². The summed E-state index contributed by atoms with van der Waals surface area (Å²) in [6, 6.07) is 30.8. The first kappa shape index (κ1) is 26.3. The number of benzene rings is 3. The lowest BCUT2D eigenvalue weighted by atomic mass is 9.95. The van der Waals surface area contributed by atoms with Gasteiger partial charge in [-0.3, -0.25) is 0 Å². The number of aryl methyl sites for hydroxylation is 1. The van der Waals surface area contributed by atoms with Crippen LogP contribution in [0.15, 0.2) is 96.0 Å². The molecule has 4 nitrogen and oxygen atoms in total. The van der Waals surface area contributed by atoms with Crippen LogP contribution < -0.4 is 0 Å². The SMILES string of the molecule is CCOC(=O)c1c(N=Cc2cc(-c3ccccc3)n(-c3ccc(Cl)cc3)c2-c2ccccc2)sc2c1CCCC2. The van der Waals surface area contributed by atoms with E-state index in [9.17, 15) is 4.79 Å². The van der Waals surface area contributed by atoms with Crippen molar-refractivity contribution in [3.63, 3.8) is 0 Å². The number of nitrogens with zero attached hydrogens (tertiary/aromatic N) is 2. The minimum atomic E-state index is -0.277. The zero-order valence-corrected chi connectivity index (χ0v) is 23.8. The molecule has 2 heterocycles. The molecular weight excluding hydrogens is 536 g/mol. The maximum Gasteiger partial charge on any atom is 0.341 e. The van der Waals surface area contributed by atoms with E-state index in [-0.39, 0.29) is 5.97 Å². The second-order valence-corrected chi connectivity index (χ2v) is 11.3. The molecule has 0 unspecified atom stereocenters. The normalized spacial score (nSPS) is 12.9. The van der Waals surface area contributed by atoms with E-state index in [1.54, 1.807) is 11.3 Å². The van der Waals surface area contributed by atoms with Gasteiger partial charge in [0.15, 0.2) is 0 Å². The quantitative estimate of drug-likeness (QED) is 0.146. The van der Waals surface area contributed by atoms with Crippen LogP contribution in [-0.4, -0.2) is 23.4 Å². The van der Waals surface area contributed by atoms with Gasteiger partial charge in [0.1, 0.15) is 5.00 Å². The minimum Gasteiger partial charge on any atom is -0.462 e. The largest absolute Gasteiger partial charge is 0.462 e. The van der Waals surface area contributed by atoms with E-state index >= 15 is 0 Å². The molecule has 40 heavy (non-hydrogen) atoms. The molecule has 0 fully saturated rings. The Kier molecular flexibility index (Phi) is 7.67. The van der Waals surface area contributed by atoms with Crippen LogP contribution in [0.2, 0.25) is 5.02 Å². The zero-order valence-electron chi connectivity index (χ0n) is 22.3. The number of hydrogen-bond donors (Lipinski definition) is 0. The monoisotopic (exact) mass is 564 g/mol. The summed E-state index contributed by atoms with van der Waals surface area (Å²) in [4.78, 5) is 19.3. The van der Waals surface area contributed by atoms with E-state index in [1.807, 2.05) is 73.8 Å². The number of esters is 1. The predicted molar refractivity (Wildman–Crippen MR) is 166 cm³/mol. The summed E-state index contributed by atoms with van der Waals surface area (Å²) >= 11 is 7.90. The van der Waals surface area contributed by atoms with Crippen LogP contribution in [-0.2, 0) is 17.6 Å². The average molecular weight is 565 g/mol. The number of carbonyl (C=O) groups is 1. The van der Waals surface area contributed by atoms with E-state index in [1.165, 1.54) is 4.88 Å². The third-order valence-corrected chi connectivity index (χ3v) is 8.64. The molecule has 0 amide bonds. The molecule has 200 valence electrons. The summed E-state index contributed by atoms with van der Waals surface area (Å²) in [6.07, 6.45) is 6.02. The summed E-state index contributed by atoms with van der Waals surface area (Å²) in [7, 11) is 0.